The molecule has 0 fully saturated rings. The van der Waals surface area contributed by atoms with E-state index in [2.05, 4.69) is 16.9 Å². The molecule has 1 aromatic carbocycles. The van der Waals surface area contributed by atoms with Crippen LogP contribution in [0.2, 0.25) is 5.02 Å². The van der Waals surface area contributed by atoms with Crippen molar-refractivity contribution in [3.05, 3.63) is 55.7 Å². The molecular weight excluding hydrogens is 384 g/mol. The van der Waals surface area contributed by atoms with Gasteiger partial charge in [-0.05, 0) is 18.1 Å². The van der Waals surface area contributed by atoms with Gasteiger partial charge in [0.15, 0.2) is 16.3 Å². The molecule has 144 valence electrons. The van der Waals surface area contributed by atoms with Gasteiger partial charge in [0.1, 0.15) is 0 Å². The fourth-order valence-electron chi connectivity index (χ4n) is 2.99. The minimum absolute atomic E-state index is 0.388. The van der Waals surface area contributed by atoms with Crippen LogP contribution in [-0.2, 0) is 19.3 Å². The Morgan fingerprint density at radius 3 is 2.70 bits per heavy atom. The van der Waals surface area contributed by atoms with Crippen LogP contribution in [0.1, 0.15) is 38.2 Å². The third-order valence-corrected chi connectivity index (χ3v) is 5.92. The van der Waals surface area contributed by atoms with E-state index < -0.39 is 5.69 Å². The molecule has 8 heteroatoms. The van der Waals surface area contributed by atoms with Gasteiger partial charge in [0, 0.05) is 24.4 Å². The monoisotopic (exact) mass is 406 g/mol. The predicted molar refractivity (Wildman–Crippen MR) is 111 cm³/mol. The van der Waals surface area contributed by atoms with Crippen molar-refractivity contribution in [3.63, 3.8) is 0 Å². The summed E-state index contributed by atoms with van der Waals surface area (Å²) in [5, 5.41) is 1.44. The summed E-state index contributed by atoms with van der Waals surface area (Å²) in [7, 11) is 1.62. The molecule has 0 amide bonds. The van der Waals surface area contributed by atoms with Crippen LogP contribution in [0.15, 0.2) is 39.0 Å². The summed E-state index contributed by atoms with van der Waals surface area (Å²) in [4.78, 5) is 31.4. The molecule has 0 saturated carbocycles. The molecule has 0 atom stereocenters. The number of H-pyrrole nitrogens is 1. The average Bonchev–Trinajstić information content (AvgIpc) is 3.02. The number of nitrogens with zero attached hydrogens (tertiary/aromatic N) is 3. The lowest BCUT2D eigenvalue weighted by Gasteiger charge is -2.09. The minimum Gasteiger partial charge on any atom is -0.313 e. The maximum Gasteiger partial charge on any atom is 0.329 e. The van der Waals surface area contributed by atoms with Gasteiger partial charge in [0.25, 0.3) is 5.56 Å². The van der Waals surface area contributed by atoms with E-state index in [1.165, 1.54) is 16.3 Å². The fraction of sp³-hybridized carbons (Fsp3) is 0.421. The average molecular weight is 407 g/mol. The van der Waals surface area contributed by atoms with Crippen molar-refractivity contribution in [2.75, 3.05) is 0 Å². The van der Waals surface area contributed by atoms with E-state index in [0.717, 1.165) is 36.4 Å². The van der Waals surface area contributed by atoms with E-state index in [9.17, 15) is 9.59 Å². The molecule has 0 aliphatic rings. The largest absolute Gasteiger partial charge is 0.329 e. The van der Waals surface area contributed by atoms with Crippen molar-refractivity contribution in [2.24, 2.45) is 7.05 Å². The number of halogens is 1. The molecule has 0 bridgehead atoms. The molecule has 0 aliphatic heterocycles. The number of aryl methyl sites for hydroxylation is 2. The quantitative estimate of drug-likeness (QED) is 0.454. The molecule has 27 heavy (non-hydrogen) atoms. The van der Waals surface area contributed by atoms with Crippen LogP contribution in [0.25, 0.3) is 11.2 Å². The van der Waals surface area contributed by atoms with Gasteiger partial charge in [0.2, 0.25) is 0 Å². The van der Waals surface area contributed by atoms with Crippen LogP contribution in [0.4, 0.5) is 0 Å². The predicted octanol–water partition coefficient (Wildman–Crippen LogP) is 3.95. The zero-order valence-corrected chi connectivity index (χ0v) is 17.1. The molecular formula is C19H23ClN4O2S. The molecule has 3 rings (SSSR count). The number of nitrogens with one attached hydrogen (secondary N) is 1. The molecule has 6 nitrogen and oxygen atoms in total. The Kier molecular flexibility index (Phi) is 6.44. The summed E-state index contributed by atoms with van der Waals surface area (Å²) in [5.41, 5.74) is 1.04. The summed E-state index contributed by atoms with van der Waals surface area (Å²) in [6.45, 7) is 2.86. The number of fused-ring (bicyclic) bond motifs is 1. The fourth-order valence-corrected chi connectivity index (χ4v) is 4.29. The first kappa shape index (κ1) is 19.8. The summed E-state index contributed by atoms with van der Waals surface area (Å²) in [6, 6.07) is 7.68. The highest BCUT2D eigenvalue weighted by Crippen LogP contribution is 2.28. The van der Waals surface area contributed by atoms with Gasteiger partial charge in [-0.15, -0.1) is 0 Å². The maximum atomic E-state index is 12.4. The zero-order valence-electron chi connectivity index (χ0n) is 15.5. The number of imidazole rings is 1. The molecule has 1 N–H and O–H groups in total. The zero-order chi connectivity index (χ0) is 19.4. The summed E-state index contributed by atoms with van der Waals surface area (Å²) in [6.07, 6.45) is 4.35. The molecule has 3 aromatic rings. The van der Waals surface area contributed by atoms with E-state index in [4.69, 9.17) is 11.6 Å². The van der Waals surface area contributed by atoms with Crippen molar-refractivity contribution in [1.29, 1.82) is 0 Å². The third-order valence-electron chi connectivity index (χ3n) is 4.52. The first-order valence-electron chi connectivity index (χ1n) is 9.08. The highest BCUT2D eigenvalue weighted by Gasteiger charge is 2.17. The van der Waals surface area contributed by atoms with Gasteiger partial charge in [-0.3, -0.25) is 14.3 Å². The van der Waals surface area contributed by atoms with Gasteiger partial charge >= 0.3 is 5.69 Å². The van der Waals surface area contributed by atoms with E-state index >= 15 is 0 Å². The highest BCUT2D eigenvalue weighted by atomic mass is 35.5. The highest BCUT2D eigenvalue weighted by molar-refractivity contribution is 7.98. The molecule has 2 heterocycles. The van der Waals surface area contributed by atoms with Crippen LogP contribution < -0.4 is 11.2 Å². The van der Waals surface area contributed by atoms with Crippen molar-refractivity contribution in [2.45, 2.75) is 50.1 Å². The number of thioether (sulfide) groups is 1. The summed E-state index contributed by atoms with van der Waals surface area (Å²) < 4.78 is 3.32. The smallest absolute Gasteiger partial charge is 0.313 e. The number of rotatable bonds is 8. The first-order valence-corrected chi connectivity index (χ1v) is 10.4. The second-order valence-corrected chi connectivity index (χ2v) is 7.83. The standard InChI is InChI=1S/C19H23ClN4O2S/c1-3-4-5-8-11-24-15-16(23(2)18(26)22-17(15)25)21-19(24)27-12-13-9-6-7-10-14(13)20/h6-7,9-10H,3-5,8,11-12H2,1-2H3,(H,22,25,26). The Hall–Kier alpha value is -1.99. The lowest BCUT2D eigenvalue weighted by molar-refractivity contribution is 0.562. The van der Waals surface area contributed by atoms with Crippen molar-refractivity contribution in [1.82, 2.24) is 19.1 Å². The normalized spacial score (nSPS) is 11.4. The first-order chi connectivity index (χ1) is 13.0. The van der Waals surface area contributed by atoms with Crippen LogP contribution in [0.5, 0.6) is 0 Å². The maximum absolute atomic E-state index is 12.4. The Balaban J connectivity index is 1.98. The minimum atomic E-state index is -0.453. The van der Waals surface area contributed by atoms with Crippen molar-refractivity contribution in [3.8, 4) is 0 Å². The SMILES string of the molecule is CCCCCCn1c(SCc2ccccc2Cl)nc2c1c(=O)[nH]c(=O)n2C. The second kappa shape index (κ2) is 8.80. The van der Waals surface area contributed by atoms with E-state index in [1.807, 2.05) is 28.8 Å². The van der Waals surface area contributed by atoms with Gasteiger partial charge < -0.3 is 4.57 Å². The van der Waals surface area contributed by atoms with E-state index in [-0.39, 0.29) is 5.56 Å². The molecule has 0 unspecified atom stereocenters. The van der Waals surface area contributed by atoms with E-state index in [0.29, 0.717) is 28.5 Å². The second-order valence-electron chi connectivity index (χ2n) is 6.48. The van der Waals surface area contributed by atoms with Gasteiger partial charge in [-0.1, -0.05) is 67.7 Å². The number of aromatic nitrogens is 4. The molecule has 0 radical (unpaired) electrons. The number of unbranched alkanes of at least 4 members (excludes halogenated alkanes) is 3. The van der Waals surface area contributed by atoms with Crippen LogP contribution in [-0.4, -0.2) is 19.1 Å². The Labute approximate surface area is 166 Å². The molecule has 2 aromatic heterocycles. The van der Waals surface area contributed by atoms with Gasteiger partial charge in [-0.2, -0.15) is 0 Å². The Bertz CT molecular complexity index is 1050. The van der Waals surface area contributed by atoms with Crippen LogP contribution in [0, 0.1) is 0 Å². The molecule has 0 saturated heterocycles. The van der Waals surface area contributed by atoms with Crippen molar-refractivity contribution < 1.29 is 0 Å². The Morgan fingerprint density at radius 2 is 1.96 bits per heavy atom. The summed E-state index contributed by atoms with van der Waals surface area (Å²) >= 11 is 7.78. The molecule has 0 spiro atoms. The number of aromatic amines is 1. The van der Waals surface area contributed by atoms with Crippen LogP contribution in [0.3, 0.4) is 0 Å². The summed E-state index contributed by atoms with van der Waals surface area (Å²) in [5.74, 6) is 0.643. The number of hydrogen-bond acceptors (Lipinski definition) is 4. The number of benzene rings is 1. The lowest BCUT2D eigenvalue weighted by Crippen LogP contribution is -2.29. The lowest BCUT2D eigenvalue weighted by atomic mass is 10.2. The molecule has 0 aliphatic carbocycles. The Morgan fingerprint density at radius 1 is 1.19 bits per heavy atom. The van der Waals surface area contributed by atoms with Gasteiger partial charge in [-0.25, -0.2) is 9.78 Å². The number of hydrogen-bond donors (Lipinski definition) is 1. The van der Waals surface area contributed by atoms with E-state index in [1.54, 1.807) is 7.05 Å². The topological polar surface area (TPSA) is 72.7 Å². The van der Waals surface area contributed by atoms with Crippen LogP contribution >= 0.6 is 23.4 Å². The van der Waals surface area contributed by atoms with Crippen molar-refractivity contribution >= 4 is 34.5 Å². The third kappa shape index (κ3) is 4.30. The van der Waals surface area contributed by atoms with Gasteiger partial charge in [0.05, 0.1) is 0 Å².